The maximum Gasteiger partial charge on any atom is 0.263 e. The fourth-order valence-electron chi connectivity index (χ4n) is 3.34. The van der Waals surface area contributed by atoms with Gasteiger partial charge in [0.25, 0.3) is 5.91 Å². The van der Waals surface area contributed by atoms with Crippen molar-refractivity contribution in [3.63, 3.8) is 0 Å². The first-order valence-corrected chi connectivity index (χ1v) is 9.85. The molecule has 0 bridgehead atoms. The molecule has 1 atom stereocenters. The smallest absolute Gasteiger partial charge is 0.263 e. The zero-order valence-electron chi connectivity index (χ0n) is 16.0. The van der Waals surface area contributed by atoms with Gasteiger partial charge in [0.2, 0.25) is 0 Å². The van der Waals surface area contributed by atoms with Crippen LogP contribution in [0.5, 0.6) is 5.75 Å². The Morgan fingerprint density at radius 1 is 1.18 bits per heavy atom. The van der Waals surface area contributed by atoms with Gasteiger partial charge in [-0.3, -0.25) is 9.69 Å². The fraction of sp³-hybridized carbons (Fsp3) is 0.364. The van der Waals surface area contributed by atoms with Crippen LogP contribution in [0.25, 0.3) is 0 Å². The number of hydrogen-bond acceptors (Lipinski definition) is 4. The summed E-state index contributed by atoms with van der Waals surface area (Å²) >= 11 is 5.98. The van der Waals surface area contributed by atoms with Gasteiger partial charge in [-0.25, -0.2) is 0 Å². The van der Waals surface area contributed by atoms with Gasteiger partial charge in [0.05, 0.1) is 11.6 Å². The molecule has 0 saturated carbocycles. The molecule has 0 aromatic heterocycles. The van der Waals surface area contributed by atoms with Crippen molar-refractivity contribution >= 4 is 17.5 Å². The highest BCUT2D eigenvalue weighted by Gasteiger charge is 2.24. The number of carbonyl (C=O) groups excluding carboxylic acids is 1. The Morgan fingerprint density at radius 3 is 2.68 bits per heavy atom. The zero-order chi connectivity index (χ0) is 19.9. The van der Waals surface area contributed by atoms with E-state index in [2.05, 4.69) is 11.0 Å². The third-order valence-electron chi connectivity index (χ3n) is 4.85. The number of nitriles is 1. The molecule has 1 heterocycles. The lowest BCUT2D eigenvalue weighted by Crippen LogP contribution is -2.42. The van der Waals surface area contributed by atoms with Gasteiger partial charge in [-0.2, -0.15) is 5.26 Å². The molecule has 0 aliphatic carbocycles. The summed E-state index contributed by atoms with van der Waals surface area (Å²) < 4.78 is 5.78. The highest BCUT2D eigenvalue weighted by molar-refractivity contribution is 6.30. The van der Waals surface area contributed by atoms with Crippen molar-refractivity contribution in [2.75, 3.05) is 26.2 Å². The molecule has 2 aromatic rings. The van der Waals surface area contributed by atoms with Gasteiger partial charge >= 0.3 is 0 Å². The molecule has 2 aromatic carbocycles. The van der Waals surface area contributed by atoms with Crippen molar-refractivity contribution in [2.24, 2.45) is 0 Å². The third-order valence-corrected chi connectivity index (χ3v) is 5.08. The second-order valence-electron chi connectivity index (χ2n) is 6.98. The Bertz CT molecular complexity index is 848. The number of rotatable bonds is 5. The monoisotopic (exact) mass is 397 g/mol. The summed E-state index contributed by atoms with van der Waals surface area (Å²) in [6.45, 7) is 5.76. The van der Waals surface area contributed by atoms with Crippen LogP contribution in [0.15, 0.2) is 48.5 Å². The number of carbonyl (C=O) groups is 1. The lowest BCUT2D eigenvalue weighted by atomic mass is 10.1. The lowest BCUT2D eigenvalue weighted by molar-refractivity contribution is -0.137. The van der Waals surface area contributed by atoms with Crippen LogP contribution < -0.4 is 4.74 Å². The van der Waals surface area contributed by atoms with Crippen molar-refractivity contribution < 1.29 is 9.53 Å². The van der Waals surface area contributed by atoms with E-state index in [1.54, 1.807) is 25.1 Å². The van der Waals surface area contributed by atoms with Gasteiger partial charge in [-0.05, 0) is 49.2 Å². The highest BCUT2D eigenvalue weighted by Crippen LogP contribution is 2.19. The van der Waals surface area contributed by atoms with Gasteiger partial charge in [-0.15, -0.1) is 0 Å². The normalized spacial score (nSPS) is 16.1. The first kappa shape index (κ1) is 20.2. The van der Waals surface area contributed by atoms with E-state index in [1.165, 1.54) is 5.56 Å². The highest BCUT2D eigenvalue weighted by atomic mass is 35.5. The van der Waals surface area contributed by atoms with Crippen LogP contribution in [-0.4, -0.2) is 48.0 Å². The van der Waals surface area contributed by atoms with Crippen molar-refractivity contribution in [2.45, 2.75) is 26.0 Å². The van der Waals surface area contributed by atoms with Gasteiger partial charge in [0.15, 0.2) is 6.10 Å². The summed E-state index contributed by atoms with van der Waals surface area (Å²) in [4.78, 5) is 17.0. The maximum absolute atomic E-state index is 12.8. The summed E-state index contributed by atoms with van der Waals surface area (Å²) in [5.41, 5.74) is 1.85. The molecule has 3 rings (SSSR count). The van der Waals surface area contributed by atoms with E-state index in [0.717, 1.165) is 32.6 Å². The minimum Gasteiger partial charge on any atom is -0.481 e. The predicted molar refractivity (Wildman–Crippen MR) is 109 cm³/mol. The molecule has 1 aliphatic heterocycles. The Kier molecular flexibility index (Phi) is 6.91. The van der Waals surface area contributed by atoms with Crippen LogP contribution >= 0.6 is 11.6 Å². The number of hydrogen-bond donors (Lipinski definition) is 0. The van der Waals surface area contributed by atoms with Crippen molar-refractivity contribution in [3.05, 3.63) is 64.7 Å². The first-order chi connectivity index (χ1) is 13.5. The molecule has 1 amide bonds. The van der Waals surface area contributed by atoms with E-state index in [1.807, 2.05) is 35.2 Å². The van der Waals surface area contributed by atoms with Gasteiger partial charge in [0, 0.05) is 37.7 Å². The predicted octanol–water partition coefficient (Wildman–Crippen LogP) is 3.71. The Balaban J connectivity index is 1.53. The summed E-state index contributed by atoms with van der Waals surface area (Å²) in [6, 6.07) is 16.9. The molecule has 6 heteroatoms. The molecule has 0 spiro atoms. The molecule has 1 fully saturated rings. The van der Waals surface area contributed by atoms with Gasteiger partial charge in [-0.1, -0.05) is 29.8 Å². The molecular formula is C22H24ClN3O2. The molecule has 28 heavy (non-hydrogen) atoms. The number of nitrogens with zero attached hydrogens (tertiary/aromatic N) is 3. The Hall–Kier alpha value is -2.55. The quantitative estimate of drug-likeness (QED) is 0.771. The topological polar surface area (TPSA) is 56.6 Å². The molecule has 0 N–H and O–H groups in total. The minimum atomic E-state index is -0.552. The number of benzene rings is 2. The summed E-state index contributed by atoms with van der Waals surface area (Å²) in [6.07, 6.45) is 0.370. The summed E-state index contributed by atoms with van der Waals surface area (Å²) in [5, 5.41) is 9.49. The molecule has 146 valence electrons. The summed E-state index contributed by atoms with van der Waals surface area (Å²) in [7, 11) is 0. The van der Waals surface area contributed by atoms with E-state index < -0.39 is 6.10 Å². The number of amides is 1. The third kappa shape index (κ3) is 5.48. The van der Waals surface area contributed by atoms with Crippen LogP contribution in [0.4, 0.5) is 0 Å². The SMILES string of the molecule is CC(Oc1cccc(Cl)c1)C(=O)N1CCCN(Cc2ccc(C#N)cc2)CC1. The van der Waals surface area contributed by atoms with Crippen LogP contribution in [0.3, 0.4) is 0 Å². The van der Waals surface area contributed by atoms with Crippen LogP contribution in [-0.2, 0) is 11.3 Å². The van der Waals surface area contributed by atoms with Crippen molar-refractivity contribution in [1.82, 2.24) is 9.80 Å². The minimum absolute atomic E-state index is 0.000184. The van der Waals surface area contributed by atoms with Gasteiger partial charge in [0.1, 0.15) is 5.75 Å². The summed E-state index contributed by atoms with van der Waals surface area (Å²) in [5.74, 6) is 0.603. The second-order valence-corrected chi connectivity index (χ2v) is 7.42. The van der Waals surface area contributed by atoms with E-state index in [-0.39, 0.29) is 5.91 Å². The largest absolute Gasteiger partial charge is 0.481 e. The van der Waals surface area contributed by atoms with Crippen molar-refractivity contribution in [3.8, 4) is 11.8 Å². The maximum atomic E-state index is 12.8. The molecule has 1 unspecified atom stereocenters. The number of ether oxygens (including phenoxy) is 1. The first-order valence-electron chi connectivity index (χ1n) is 9.47. The molecule has 1 saturated heterocycles. The van der Waals surface area contributed by atoms with Crippen LogP contribution in [0.1, 0.15) is 24.5 Å². The average molecular weight is 398 g/mol. The number of halogens is 1. The standard InChI is InChI=1S/C22H24ClN3O2/c1-17(28-21-5-2-4-20(23)14-21)22(27)26-11-3-10-25(12-13-26)16-19-8-6-18(15-24)7-9-19/h2,4-9,14,17H,3,10-13,16H2,1H3. The van der Waals surface area contributed by atoms with Crippen LogP contribution in [0, 0.1) is 11.3 Å². The fourth-order valence-corrected chi connectivity index (χ4v) is 3.52. The molecule has 1 aliphatic rings. The molecule has 5 nitrogen and oxygen atoms in total. The van der Waals surface area contributed by atoms with Crippen molar-refractivity contribution in [1.29, 1.82) is 5.26 Å². The van der Waals surface area contributed by atoms with E-state index in [0.29, 0.717) is 22.9 Å². The Labute approximate surface area is 171 Å². The van der Waals surface area contributed by atoms with E-state index in [9.17, 15) is 4.79 Å². The second kappa shape index (κ2) is 9.59. The zero-order valence-corrected chi connectivity index (χ0v) is 16.7. The average Bonchev–Trinajstić information content (AvgIpc) is 2.93. The molecule has 0 radical (unpaired) electrons. The molecular weight excluding hydrogens is 374 g/mol. The lowest BCUT2D eigenvalue weighted by Gasteiger charge is -2.25. The van der Waals surface area contributed by atoms with E-state index in [4.69, 9.17) is 21.6 Å². The van der Waals surface area contributed by atoms with Gasteiger partial charge < -0.3 is 9.64 Å². The van der Waals surface area contributed by atoms with E-state index >= 15 is 0 Å². The van der Waals surface area contributed by atoms with Crippen LogP contribution in [0.2, 0.25) is 5.02 Å². The Morgan fingerprint density at radius 2 is 1.96 bits per heavy atom.